The predicted octanol–water partition coefficient (Wildman–Crippen LogP) is 3.52. The number of thiazole rings is 1. The Bertz CT molecular complexity index is 653. The van der Waals surface area contributed by atoms with E-state index in [2.05, 4.69) is 24.1 Å². The molecule has 1 amide bonds. The van der Waals surface area contributed by atoms with Crippen molar-refractivity contribution in [2.24, 2.45) is 11.7 Å². The smallest absolute Gasteiger partial charge is 0.271 e. The second kappa shape index (κ2) is 8.80. The van der Waals surface area contributed by atoms with E-state index in [1.165, 1.54) is 11.3 Å². The molecule has 2 aromatic rings. The molecule has 130 valence electrons. The van der Waals surface area contributed by atoms with Gasteiger partial charge in [-0.15, -0.1) is 11.3 Å². The molecule has 1 atom stereocenters. The molecule has 1 unspecified atom stereocenters. The largest absolute Gasteiger partial charge is 0.494 e. The number of carbonyl (C=O) groups excluding carboxylic acids is 1. The Labute approximate surface area is 147 Å². The summed E-state index contributed by atoms with van der Waals surface area (Å²) in [6, 6.07) is 7.72. The zero-order chi connectivity index (χ0) is 17.5. The molecule has 1 heterocycles. The fraction of sp³-hybridized carbons (Fsp3) is 0.444. The molecule has 0 aliphatic rings. The maximum absolute atomic E-state index is 12.2. The zero-order valence-corrected chi connectivity index (χ0v) is 15.2. The minimum absolute atomic E-state index is 0.106. The normalized spacial score (nSPS) is 12.2. The van der Waals surface area contributed by atoms with Crippen LogP contribution < -0.4 is 15.8 Å². The molecule has 5 nitrogen and oxygen atoms in total. The minimum Gasteiger partial charge on any atom is -0.494 e. The van der Waals surface area contributed by atoms with E-state index >= 15 is 0 Å². The van der Waals surface area contributed by atoms with Gasteiger partial charge in [0.2, 0.25) is 0 Å². The van der Waals surface area contributed by atoms with Gasteiger partial charge < -0.3 is 15.8 Å². The van der Waals surface area contributed by atoms with Gasteiger partial charge in [-0.1, -0.05) is 26.0 Å². The highest BCUT2D eigenvalue weighted by molar-refractivity contribution is 7.09. The Morgan fingerprint density at radius 1 is 1.29 bits per heavy atom. The Balaban J connectivity index is 1.89. The SMILES string of the molecule is CC(C)CCOc1ccc(C(C)NC(=O)c2csc(CN)n2)cc1. The van der Waals surface area contributed by atoms with Gasteiger partial charge in [-0.25, -0.2) is 4.98 Å². The van der Waals surface area contributed by atoms with E-state index in [9.17, 15) is 4.79 Å². The quantitative estimate of drug-likeness (QED) is 0.766. The van der Waals surface area contributed by atoms with E-state index in [-0.39, 0.29) is 11.9 Å². The number of ether oxygens (including phenoxy) is 1. The van der Waals surface area contributed by atoms with Crippen molar-refractivity contribution < 1.29 is 9.53 Å². The standard InChI is InChI=1S/C18H25N3O2S/c1-12(2)8-9-23-15-6-4-14(5-7-15)13(3)20-18(22)16-11-24-17(10-19)21-16/h4-7,11-13H,8-10,19H2,1-3H3,(H,20,22). The summed E-state index contributed by atoms with van der Waals surface area (Å²) in [6.07, 6.45) is 1.03. The molecule has 0 radical (unpaired) electrons. The molecular weight excluding hydrogens is 322 g/mol. The zero-order valence-electron chi connectivity index (χ0n) is 14.4. The highest BCUT2D eigenvalue weighted by Gasteiger charge is 2.14. The number of carbonyl (C=O) groups is 1. The van der Waals surface area contributed by atoms with Crippen LogP contribution in [0.1, 0.15) is 54.3 Å². The molecule has 6 heteroatoms. The fourth-order valence-corrected chi connectivity index (χ4v) is 2.78. The van der Waals surface area contributed by atoms with Gasteiger partial charge in [-0.2, -0.15) is 0 Å². The molecule has 0 bridgehead atoms. The van der Waals surface area contributed by atoms with Crippen molar-refractivity contribution in [1.82, 2.24) is 10.3 Å². The topological polar surface area (TPSA) is 77.2 Å². The second-order valence-electron chi connectivity index (χ2n) is 6.13. The molecule has 1 aromatic carbocycles. The van der Waals surface area contributed by atoms with Crippen molar-refractivity contribution in [3.63, 3.8) is 0 Å². The Morgan fingerprint density at radius 2 is 2.00 bits per heavy atom. The van der Waals surface area contributed by atoms with Gasteiger partial charge in [0.05, 0.1) is 12.6 Å². The average molecular weight is 347 g/mol. The van der Waals surface area contributed by atoms with Crippen LogP contribution in [0.2, 0.25) is 0 Å². The molecule has 0 saturated heterocycles. The molecule has 0 saturated carbocycles. The fourth-order valence-electron chi connectivity index (χ4n) is 2.13. The Kier molecular flexibility index (Phi) is 6.75. The summed E-state index contributed by atoms with van der Waals surface area (Å²) in [5.41, 5.74) is 6.96. The first-order valence-corrected chi connectivity index (χ1v) is 9.05. The first-order valence-electron chi connectivity index (χ1n) is 8.17. The number of nitrogens with two attached hydrogens (primary N) is 1. The van der Waals surface area contributed by atoms with Gasteiger partial charge in [0, 0.05) is 11.9 Å². The number of rotatable bonds is 8. The van der Waals surface area contributed by atoms with Gasteiger partial charge >= 0.3 is 0 Å². The summed E-state index contributed by atoms with van der Waals surface area (Å²) in [6.45, 7) is 7.37. The molecule has 0 fully saturated rings. The highest BCUT2D eigenvalue weighted by atomic mass is 32.1. The number of hydrogen-bond donors (Lipinski definition) is 2. The Morgan fingerprint density at radius 3 is 2.58 bits per heavy atom. The van der Waals surface area contributed by atoms with Crippen LogP contribution in [0.5, 0.6) is 5.75 Å². The van der Waals surface area contributed by atoms with Gasteiger partial charge in [0.25, 0.3) is 5.91 Å². The van der Waals surface area contributed by atoms with Crippen molar-refractivity contribution in [2.75, 3.05) is 6.61 Å². The lowest BCUT2D eigenvalue weighted by Gasteiger charge is -2.14. The lowest BCUT2D eigenvalue weighted by molar-refractivity contribution is 0.0935. The lowest BCUT2D eigenvalue weighted by Crippen LogP contribution is -2.27. The van der Waals surface area contributed by atoms with Gasteiger partial charge in [0.1, 0.15) is 16.5 Å². The van der Waals surface area contributed by atoms with Crippen molar-refractivity contribution in [3.05, 3.63) is 45.9 Å². The summed E-state index contributed by atoms with van der Waals surface area (Å²) in [5.74, 6) is 1.30. The number of hydrogen-bond acceptors (Lipinski definition) is 5. The van der Waals surface area contributed by atoms with Crippen LogP contribution in [0.25, 0.3) is 0 Å². The molecular formula is C18H25N3O2S. The monoisotopic (exact) mass is 347 g/mol. The summed E-state index contributed by atoms with van der Waals surface area (Å²) in [7, 11) is 0. The van der Waals surface area contributed by atoms with Crippen LogP contribution in [0.4, 0.5) is 0 Å². The van der Waals surface area contributed by atoms with Crippen molar-refractivity contribution in [1.29, 1.82) is 0 Å². The van der Waals surface area contributed by atoms with Crippen LogP contribution in [0.3, 0.4) is 0 Å². The molecule has 0 spiro atoms. The number of nitrogens with zero attached hydrogens (tertiary/aromatic N) is 1. The summed E-state index contributed by atoms with van der Waals surface area (Å²) >= 11 is 1.40. The lowest BCUT2D eigenvalue weighted by atomic mass is 10.1. The molecule has 1 aromatic heterocycles. The van der Waals surface area contributed by atoms with Crippen molar-refractivity contribution >= 4 is 17.2 Å². The van der Waals surface area contributed by atoms with E-state index in [1.54, 1.807) is 5.38 Å². The number of nitrogens with one attached hydrogen (secondary N) is 1. The van der Waals surface area contributed by atoms with E-state index in [0.29, 0.717) is 18.2 Å². The molecule has 24 heavy (non-hydrogen) atoms. The summed E-state index contributed by atoms with van der Waals surface area (Å²) in [5, 5.41) is 5.44. The molecule has 0 aliphatic heterocycles. The minimum atomic E-state index is -0.185. The number of amides is 1. The van der Waals surface area contributed by atoms with E-state index in [1.807, 2.05) is 31.2 Å². The Hall–Kier alpha value is -1.92. The third kappa shape index (κ3) is 5.32. The molecule has 2 rings (SSSR count). The third-order valence-corrected chi connectivity index (χ3v) is 4.52. The van der Waals surface area contributed by atoms with Gasteiger partial charge in [-0.3, -0.25) is 4.79 Å². The highest BCUT2D eigenvalue weighted by Crippen LogP contribution is 2.19. The van der Waals surface area contributed by atoms with Gasteiger partial charge in [0.15, 0.2) is 0 Å². The van der Waals surface area contributed by atoms with Crippen molar-refractivity contribution in [2.45, 2.75) is 39.8 Å². The van der Waals surface area contributed by atoms with E-state index < -0.39 is 0 Å². The maximum atomic E-state index is 12.2. The number of benzene rings is 1. The first kappa shape index (κ1) is 18.4. The van der Waals surface area contributed by atoms with E-state index in [0.717, 1.165) is 29.3 Å². The summed E-state index contributed by atoms with van der Waals surface area (Å²) < 4.78 is 5.71. The van der Waals surface area contributed by atoms with Crippen LogP contribution >= 0.6 is 11.3 Å². The van der Waals surface area contributed by atoms with Crippen LogP contribution in [-0.2, 0) is 6.54 Å². The van der Waals surface area contributed by atoms with Crippen LogP contribution in [-0.4, -0.2) is 17.5 Å². The third-order valence-electron chi connectivity index (χ3n) is 3.65. The van der Waals surface area contributed by atoms with E-state index in [4.69, 9.17) is 10.5 Å². The first-order chi connectivity index (χ1) is 11.5. The van der Waals surface area contributed by atoms with Crippen molar-refractivity contribution in [3.8, 4) is 5.75 Å². The second-order valence-corrected chi connectivity index (χ2v) is 7.07. The van der Waals surface area contributed by atoms with Gasteiger partial charge in [-0.05, 0) is 37.0 Å². The van der Waals surface area contributed by atoms with Crippen LogP contribution in [0.15, 0.2) is 29.6 Å². The molecule has 0 aliphatic carbocycles. The molecule has 3 N–H and O–H groups in total. The summed E-state index contributed by atoms with van der Waals surface area (Å²) in [4.78, 5) is 16.4. The van der Waals surface area contributed by atoms with Crippen LogP contribution in [0, 0.1) is 5.92 Å². The predicted molar refractivity (Wildman–Crippen MR) is 97.3 cm³/mol. The number of aromatic nitrogens is 1. The average Bonchev–Trinajstić information content (AvgIpc) is 3.04. The maximum Gasteiger partial charge on any atom is 0.271 e.